The Hall–Kier alpha value is -2.66. The first-order chi connectivity index (χ1) is 13.6. The third-order valence-corrected chi connectivity index (χ3v) is 6.99. The molecular formula is C23H22N2O2S. The average Bonchev–Trinajstić information content (AvgIpc) is 3.42. The Morgan fingerprint density at radius 3 is 2.96 bits per heavy atom. The van der Waals surface area contributed by atoms with Crippen molar-refractivity contribution in [3.05, 3.63) is 64.4 Å². The fourth-order valence-corrected chi connectivity index (χ4v) is 5.26. The van der Waals surface area contributed by atoms with Gasteiger partial charge in [0.15, 0.2) is 0 Å². The van der Waals surface area contributed by atoms with Crippen LogP contribution in [0.3, 0.4) is 0 Å². The number of rotatable bonds is 3. The van der Waals surface area contributed by atoms with Gasteiger partial charge in [0.05, 0.1) is 28.9 Å². The SMILES string of the molecule is Cc1ccc2c(CC(=O)N3CCCC3c3nc4ccccc4s3)coc2c1C. The van der Waals surface area contributed by atoms with Gasteiger partial charge < -0.3 is 9.32 Å². The number of benzene rings is 2. The fraction of sp³-hybridized carbons (Fsp3) is 0.304. The van der Waals surface area contributed by atoms with Gasteiger partial charge in [-0.1, -0.05) is 24.3 Å². The van der Waals surface area contributed by atoms with E-state index < -0.39 is 0 Å². The van der Waals surface area contributed by atoms with Gasteiger partial charge >= 0.3 is 0 Å². The van der Waals surface area contributed by atoms with Crippen LogP contribution in [-0.4, -0.2) is 22.3 Å². The molecule has 28 heavy (non-hydrogen) atoms. The lowest BCUT2D eigenvalue weighted by Crippen LogP contribution is -2.31. The molecule has 1 fully saturated rings. The summed E-state index contributed by atoms with van der Waals surface area (Å²) in [4.78, 5) is 20.0. The molecule has 4 nitrogen and oxygen atoms in total. The molecule has 0 spiro atoms. The zero-order valence-electron chi connectivity index (χ0n) is 16.1. The van der Waals surface area contributed by atoms with Gasteiger partial charge in [0.25, 0.3) is 0 Å². The molecule has 1 amide bonds. The van der Waals surface area contributed by atoms with E-state index in [1.807, 2.05) is 23.1 Å². The van der Waals surface area contributed by atoms with Crippen molar-refractivity contribution >= 4 is 38.4 Å². The molecule has 0 saturated carbocycles. The van der Waals surface area contributed by atoms with Crippen molar-refractivity contribution in [1.29, 1.82) is 0 Å². The smallest absolute Gasteiger partial charge is 0.227 e. The van der Waals surface area contributed by atoms with Crippen molar-refractivity contribution in [2.24, 2.45) is 0 Å². The maximum Gasteiger partial charge on any atom is 0.227 e. The van der Waals surface area contributed by atoms with Gasteiger partial charge in [-0.25, -0.2) is 4.98 Å². The number of para-hydroxylation sites is 1. The van der Waals surface area contributed by atoms with Gasteiger partial charge in [0, 0.05) is 17.5 Å². The van der Waals surface area contributed by atoms with Crippen molar-refractivity contribution < 1.29 is 9.21 Å². The predicted octanol–water partition coefficient (Wildman–Crippen LogP) is 5.57. The molecule has 1 aliphatic rings. The molecule has 2 aromatic carbocycles. The number of aryl methyl sites for hydroxylation is 2. The third-order valence-electron chi connectivity index (χ3n) is 5.85. The van der Waals surface area contributed by atoms with E-state index in [1.165, 1.54) is 10.3 Å². The lowest BCUT2D eigenvalue weighted by atomic mass is 10.0. The fourth-order valence-electron chi connectivity index (χ4n) is 4.14. The molecule has 0 aliphatic carbocycles. The van der Waals surface area contributed by atoms with Gasteiger partial charge in [-0.2, -0.15) is 0 Å². The van der Waals surface area contributed by atoms with Gasteiger partial charge in [-0.3, -0.25) is 4.79 Å². The molecule has 1 atom stereocenters. The van der Waals surface area contributed by atoms with Gasteiger partial charge in [0.2, 0.25) is 5.91 Å². The summed E-state index contributed by atoms with van der Waals surface area (Å²) in [6.07, 6.45) is 4.13. The lowest BCUT2D eigenvalue weighted by Gasteiger charge is -2.23. The second-order valence-corrected chi connectivity index (χ2v) is 8.65. The summed E-state index contributed by atoms with van der Waals surface area (Å²) < 4.78 is 6.98. The Balaban J connectivity index is 1.42. The molecule has 2 aromatic heterocycles. The highest BCUT2D eigenvalue weighted by Gasteiger charge is 2.32. The van der Waals surface area contributed by atoms with Crippen LogP contribution < -0.4 is 0 Å². The average molecular weight is 391 g/mol. The van der Waals surface area contributed by atoms with Crippen LogP contribution in [0.5, 0.6) is 0 Å². The summed E-state index contributed by atoms with van der Waals surface area (Å²) in [5.74, 6) is 0.155. The molecule has 0 N–H and O–H groups in total. The van der Waals surface area contributed by atoms with Crippen LogP contribution >= 0.6 is 11.3 Å². The van der Waals surface area contributed by atoms with E-state index in [-0.39, 0.29) is 11.9 Å². The van der Waals surface area contributed by atoms with Crippen LogP contribution in [0.4, 0.5) is 0 Å². The first-order valence-electron chi connectivity index (χ1n) is 9.73. The molecule has 1 unspecified atom stereocenters. The van der Waals surface area contributed by atoms with E-state index in [9.17, 15) is 4.79 Å². The van der Waals surface area contributed by atoms with E-state index in [1.54, 1.807) is 17.6 Å². The highest BCUT2D eigenvalue weighted by Crippen LogP contribution is 2.37. The number of fused-ring (bicyclic) bond motifs is 2. The largest absolute Gasteiger partial charge is 0.464 e. The molecular weight excluding hydrogens is 368 g/mol. The Morgan fingerprint density at radius 2 is 2.11 bits per heavy atom. The number of thiazole rings is 1. The normalized spacial score (nSPS) is 17.1. The molecule has 0 bridgehead atoms. The van der Waals surface area contributed by atoms with Crippen molar-refractivity contribution in [1.82, 2.24) is 9.88 Å². The minimum atomic E-state index is 0.0899. The van der Waals surface area contributed by atoms with Crippen LogP contribution in [0.25, 0.3) is 21.2 Å². The molecule has 1 aliphatic heterocycles. The van der Waals surface area contributed by atoms with Crippen molar-refractivity contribution in [2.45, 2.75) is 39.2 Å². The summed E-state index contributed by atoms with van der Waals surface area (Å²) in [7, 11) is 0. The summed E-state index contributed by atoms with van der Waals surface area (Å²) in [5, 5.41) is 2.10. The molecule has 3 heterocycles. The summed E-state index contributed by atoms with van der Waals surface area (Å²) in [5.41, 5.74) is 5.23. The third kappa shape index (κ3) is 2.81. The number of amides is 1. The second kappa shape index (κ2) is 6.74. The first kappa shape index (κ1) is 17.4. The minimum Gasteiger partial charge on any atom is -0.464 e. The van der Waals surface area contributed by atoms with E-state index in [0.29, 0.717) is 6.42 Å². The van der Waals surface area contributed by atoms with Crippen LogP contribution in [0.2, 0.25) is 0 Å². The van der Waals surface area contributed by atoms with Crippen LogP contribution in [0.15, 0.2) is 47.1 Å². The van der Waals surface area contributed by atoms with Crippen LogP contribution in [-0.2, 0) is 11.2 Å². The maximum atomic E-state index is 13.2. The quantitative estimate of drug-likeness (QED) is 0.460. The molecule has 142 valence electrons. The van der Waals surface area contributed by atoms with Crippen molar-refractivity contribution in [3.63, 3.8) is 0 Å². The lowest BCUT2D eigenvalue weighted by molar-refractivity contribution is -0.131. The minimum absolute atomic E-state index is 0.0899. The maximum absolute atomic E-state index is 13.2. The number of nitrogens with zero attached hydrogens (tertiary/aromatic N) is 2. The number of aromatic nitrogens is 1. The van der Waals surface area contributed by atoms with E-state index in [0.717, 1.165) is 52.0 Å². The Morgan fingerprint density at radius 1 is 1.25 bits per heavy atom. The number of carbonyl (C=O) groups is 1. The molecule has 0 radical (unpaired) electrons. The van der Waals surface area contributed by atoms with Crippen molar-refractivity contribution in [3.8, 4) is 0 Å². The summed E-state index contributed by atoms with van der Waals surface area (Å²) in [6.45, 7) is 4.94. The molecule has 1 saturated heterocycles. The predicted molar refractivity (Wildman–Crippen MR) is 113 cm³/mol. The summed E-state index contributed by atoms with van der Waals surface area (Å²) in [6, 6.07) is 12.4. The standard InChI is InChI=1S/C23H22N2O2S/c1-14-9-10-17-16(13-27-22(17)15(14)2)12-21(26)25-11-5-7-19(25)23-24-18-6-3-4-8-20(18)28-23/h3-4,6,8-10,13,19H,5,7,11-12H2,1-2H3. The Bertz CT molecular complexity index is 1160. The summed E-state index contributed by atoms with van der Waals surface area (Å²) >= 11 is 1.71. The van der Waals surface area contributed by atoms with Gasteiger partial charge in [-0.15, -0.1) is 11.3 Å². The monoisotopic (exact) mass is 390 g/mol. The molecule has 5 rings (SSSR count). The number of furan rings is 1. The van der Waals surface area contributed by atoms with E-state index in [4.69, 9.17) is 9.40 Å². The number of hydrogen-bond donors (Lipinski definition) is 0. The van der Waals surface area contributed by atoms with Crippen molar-refractivity contribution in [2.75, 3.05) is 6.54 Å². The zero-order valence-corrected chi connectivity index (χ0v) is 16.9. The second-order valence-electron chi connectivity index (χ2n) is 7.59. The topological polar surface area (TPSA) is 46.3 Å². The van der Waals surface area contributed by atoms with E-state index >= 15 is 0 Å². The highest BCUT2D eigenvalue weighted by atomic mass is 32.1. The number of hydrogen-bond acceptors (Lipinski definition) is 4. The first-order valence-corrected chi connectivity index (χ1v) is 10.5. The number of likely N-dealkylation sites (tertiary alicyclic amines) is 1. The Labute approximate surface area is 167 Å². The zero-order chi connectivity index (χ0) is 19.3. The van der Waals surface area contributed by atoms with E-state index in [2.05, 4.69) is 32.0 Å². The highest BCUT2D eigenvalue weighted by molar-refractivity contribution is 7.18. The molecule has 5 heteroatoms. The van der Waals surface area contributed by atoms with Gasteiger partial charge in [-0.05, 0) is 49.9 Å². The van der Waals surface area contributed by atoms with Gasteiger partial charge in [0.1, 0.15) is 10.6 Å². The van der Waals surface area contributed by atoms with Crippen LogP contribution in [0, 0.1) is 13.8 Å². The Kier molecular flexibility index (Phi) is 4.20. The molecule has 4 aromatic rings. The number of carbonyl (C=O) groups excluding carboxylic acids is 1. The van der Waals surface area contributed by atoms with Crippen LogP contribution in [0.1, 0.15) is 40.6 Å².